The minimum atomic E-state index is -4.97. The lowest BCUT2D eigenvalue weighted by Crippen LogP contribution is -2.30. The fourth-order valence-electron chi connectivity index (χ4n) is 13.6. The molecular weight excluding hydrogens is 1380 g/mol. The Labute approximate surface area is 651 Å². The topological polar surface area (TPSA) is 237 Å². The highest BCUT2D eigenvalue weighted by Crippen LogP contribution is 2.45. The highest BCUT2D eigenvalue weighted by Gasteiger charge is 2.30. The molecule has 2 unspecified atom stereocenters. The number of hydrogen-bond donors (Lipinski definition) is 3. The summed E-state index contributed by atoms with van der Waals surface area (Å²) in [5.74, 6) is -1.35. The fourth-order valence-corrected chi connectivity index (χ4v) is 15.2. The maximum Gasteiger partial charge on any atom is 0.472 e. The summed E-state index contributed by atoms with van der Waals surface area (Å²) in [5.41, 5.74) is 0. The number of aliphatic hydroxyl groups excluding tert-OH is 1. The van der Waals surface area contributed by atoms with Crippen LogP contribution in [0.15, 0.2) is 0 Å². The Morgan fingerprint density at radius 1 is 0.255 bits per heavy atom. The smallest absolute Gasteiger partial charge is 0.462 e. The standard InChI is InChI=1S/C87H170O17P2/c1-6-9-12-15-18-21-24-27-30-33-34-35-36-37-38-41-44-47-52-58-63-68-73-86(91)103-82(76-97-84(89)70-65-60-55-50-45-42-39-31-28-25-22-19-16-13-10-7-2)78-101-105(93,94)99-74-81(88)75-100-106(95,96)102-79-83(77-98-85(90)71-66-61-56-53-48-49-54-59-64-69-80(4)5)104-87(92)72-67-62-57-51-46-43-40-32-29-26-23-20-17-14-11-8-3/h80-83,88H,6-79H2,1-5H3,(H,93,94)(H,95,96)/t81-,82-,83-/m1/s1. The Hall–Kier alpha value is -1.94. The Bertz CT molecular complexity index is 2010. The first kappa shape index (κ1) is 104. The van der Waals surface area contributed by atoms with Crippen molar-refractivity contribution in [2.45, 2.75) is 490 Å². The zero-order valence-corrected chi connectivity index (χ0v) is 71.4. The Morgan fingerprint density at radius 2 is 0.434 bits per heavy atom. The van der Waals surface area contributed by atoms with Crippen molar-refractivity contribution in [3.05, 3.63) is 0 Å². The van der Waals surface area contributed by atoms with Crippen molar-refractivity contribution in [2.24, 2.45) is 5.92 Å². The van der Waals surface area contributed by atoms with Crippen LogP contribution in [0.3, 0.4) is 0 Å². The summed E-state index contributed by atoms with van der Waals surface area (Å²) in [6.45, 7) is 7.36. The van der Waals surface area contributed by atoms with Gasteiger partial charge in [0.15, 0.2) is 12.2 Å². The van der Waals surface area contributed by atoms with Gasteiger partial charge in [0.2, 0.25) is 0 Å². The van der Waals surface area contributed by atoms with Crippen molar-refractivity contribution >= 4 is 39.5 Å². The monoisotopic (exact) mass is 1550 g/mol. The van der Waals surface area contributed by atoms with E-state index in [4.69, 9.17) is 37.0 Å². The minimum Gasteiger partial charge on any atom is -0.462 e. The van der Waals surface area contributed by atoms with Crippen molar-refractivity contribution < 1.29 is 80.2 Å². The molecule has 5 atom stereocenters. The summed E-state index contributed by atoms with van der Waals surface area (Å²) in [6, 6.07) is 0. The molecule has 0 aromatic heterocycles. The van der Waals surface area contributed by atoms with Crippen LogP contribution in [0.4, 0.5) is 0 Å². The molecule has 0 aliphatic carbocycles. The summed E-state index contributed by atoms with van der Waals surface area (Å²) >= 11 is 0. The van der Waals surface area contributed by atoms with Gasteiger partial charge < -0.3 is 33.8 Å². The van der Waals surface area contributed by atoms with Crippen molar-refractivity contribution in [1.29, 1.82) is 0 Å². The third-order valence-corrected chi connectivity index (χ3v) is 22.4. The molecule has 0 fully saturated rings. The number of aliphatic hydroxyl groups is 1. The lowest BCUT2D eigenvalue weighted by Gasteiger charge is -2.21. The summed E-state index contributed by atoms with van der Waals surface area (Å²) in [5, 5.41) is 10.7. The van der Waals surface area contributed by atoms with Gasteiger partial charge in [-0.15, -0.1) is 0 Å². The molecule has 0 amide bonds. The van der Waals surface area contributed by atoms with Gasteiger partial charge in [0, 0.05) is 25.7 Å². The van der Waals surface area contributed by atoms with E-state index < -0.39 is 97.5 Å². The molecule has 106 heavy (non-hydrogen) atoms. The number of hydrogen-bond acceptors (Lipinski definition) is 15. The molecule has 0 saturated carbocycles. The lowest BCUT2D eigenvalue weighted by molar-refractivity contribution is -0.161. The highest BCUT2D eigenvalue weighted by molar-refractivity contribution is 7.47. The van der Waals surface area contributed by atoms with Crippen molar-refractivity contribution in [3.8, 4) is 0 Å². The zero-order valence-electron chi connectivity index (χ0n) is 69.6. The summed E-state index contributed by atoms with van der Waals surface area (Å²) < 4.78 is 69.0. The van der Waals surface area contributed by atoms with Crippen LogP contribution < -0.4 is 0 Å². The maximum absolute atomic E-state index is 13.2. The van der Waals surface area contributed by atoms with E-state index in [0.717, 1.165) is 95.8 Å². The van der Waals surface area contributed by atoms with Crippen LogP contribution in [0.2, 0.25) is 0 Å². The first-order valence-corrected chi connectivity index (χ1v) is 48.1. The zero-order chi connectivity index (χ0) is 77.6. The van der Waals surface area contributed by atoms with Crippen LogP contribution >= 0.6 is 15.6 Å². The lowest BCUT2D eigenvalue weighted by atomic mass is 10.0. The van der Waals surface area contributed by atoms with E-state index in [9.17, 15) is 43.2 Å². The maximum atomic E-state index is 13.2. The Balaban J connectivity index is 5.23. The predicted molar refractivity (Wildman–Crippen MR) is 437 cm³/mol. The molecular formula is C87H170O17P2. The van der Waals surface area contributed by atoms with Gasteiger partial charge in [-0.1, -0.05) is 420 Å². The van der Waals surface area contributed by atoms with E-state index in [1.54, 1.807) is 0 Å². The average Bonchev–Trinajstić information content (AvgIpc) is 0.909. The molecule has 630 valence electrons. The Kier molecular flexibility index (Phi) is 78.2. The van der Waals surface area contributed by atoms with Gasteiger partial charge in [0.1, 0.15) is 19.3 Å². The fraction of sp³-hybridized carbons (Fsp3) is 0.954. The van der Waals surface area contributed by atoms with Crippen LogP contribution in [0.1, 0.15) is 471 Å². The van der Waals surface area contributed by atoms with E-state index in [1.807, 2.05) is 0 Å². The second-order valence-electron chi connectivity index (χ2n) is 31.8. The number of rotatable bonds is 87. The van der Waals surface area contributed by atoms with Crippen LogP contribution in [0.5, 0.6) is 0 Å². The summed E-state index contributed by atoms with van der Waals surface area (Å²) in [4.78, 5) is 73.3. The number of unbranched alkanes of at least 4 members (excludes halogenated alkanes) is 59. The van der Waals surface area contributed by atoms with Gasteiger partial charge >= 0.3 is 39.5 Å². The van der Waals surface area contributed by atoms with E-state index >= 15 is 0 Å². The van der Waals surface area contributed by atoms with Crippen molar-refractivity contribution in [3.63, 3.8) is 0 Å². The first-order chi connectivity index (χ1) is 51.5. The molecule has 0 aliphatic heterocycles. The number of carbonyl (C=O) groups is 4. The second kappa shape index (κ2) is 79.7. The van der Waals surface area contributed by atoms with Gasteiger partial charge in [0.05, 0.1) is 26.4 Å². The molecule has 0 aromatic carbocycles. The molecule has 3 N–H and O–H groups in total. The normalized spacial score (nSPS) is 13.7. The molecule has 0 radical (unpaired) electrons. The molecule has 0 heterocycles. The molecule has 0 aliphatic rings. The average molecular weight is 1550 g/mol. The summed E-state index contributed by atoms with van der Waals surface area (Å²) in [6.07, 6.45) is 73.6. The van der Waals surface area contributed by atoms with Gasteiger partial charge in [-0.3, -0.25) is 37.3 Å². The number of phosphoric ester groups is 2. The SMILES string of the molecule is CCCCCCCCCCCCCCCCCCCCCCCCC(=O)O[C@H](COC(=O)CCCCCCCCCCCCCCCCCC)COP(=O)(O)OC[C@@H](O)COP(=O)(O)OC[C@@H](COC(=O)CCCCCCCCCCCC(C)C)OC(=O)CCCCCCCCCCCCCCCCCC. The molecule has 17 nitrogen and oxygen atoms in total. The quantitative estimate of drug-likeness (QED) is 0.0222. The van der Waals surface area contributed by atoms with Crippen LogP contribution in [-0.2, 0) is 65.4 Å². The van der Waals surface area contributed by atoms with E-state index in [1.165, 1.54) is 295 Å². The van der Waals surface area contributed by atoms with Crippen LogP contribution in [0.25, 0.3) is 0 Å². The number of esters is 4. The molecule has 0 spiro atoms. The number of carbonyl (C=O) groups excluding carboxylic acids is 4. The molecule has 19 heteroatoms. The molecule has 0 aromatic rings. The predicted octanol–water partition coefficient (Wildman–Crippen LogP) is 26.8. The van der Waals surface area contributed by atoms with Crippen LogP contribution in [0, 0.1) is 5.92 Å². The van der Waals surface area contributed by atoms with E-state index in [-0.39, 0.29) is 25.7 Å². The highest BCUT2D eigenvalue weighted by atomic mass is 31.2. The largest absolute Gasteiger partial charge is 0.472 e. The minimum absolute atomic E-state index is 0.108. The van der Waals surface area contributed by atoms with Crippen molar-refractivity contribution in [1.82, 2.24) is 0 Å². The van der Waals surface area contributed by atoms with Gasteiger partial charge in [-0.05, 0) is 31.6 Å². The molecule has 0 bridgehead atoms. The second-order valence-corrected chi connectivity index (χ2v) is 34.7. The number of phosphoric acid groups is 2. The third-order valence-electron chi connectivity index (χ3n) is 20.5. The van der Waals surface area contributed by atoms with Gasteiger partial charge in [0.25, 0.3) is 0 Å². The summed E-state index contributed by atoms with van der Waals surface area (Å²) in [7, 11) is -9.93. The van der Waals surface area contributed by atoms with Crippen LogP contribution in [-0.4, -0.2) is 96.7 Å². The van der Waals surface area contributed by atoms with Gasteiger partial charge in [-0.25, -0.2) is 9.13 Å². The Morgan fingerprint density at radius 3 is 0.642 bits per heavy atom. The van der Waals surface area contributed by atoms with Gasteiger partial charge in [-0.2, -0.15) is 0 Å². The first-order valence-electron chi connectivity index (χ1n) is 45.1. The van der Waals surface area contributed by atoms with E-state index in [0.29, 0.717) is 25.7 Å². The molecule has 0 saturated heterocycles. The molecule has 0 rings (SSSR count). The number of ether oxygens (including phenoxy) is 4. The van der Waals surface area contributed by atoms with E-state index in [2.05, 4.69) is 34.6 Å². The third kappa shape index (κ3) is 80.1. The van der Waals surface area contributed by atoms with Crippen molar-refractivity contribution in [2.75, 3.05) is 39.6 Å².